The van der Waals surface area contributed by atoms with Crippen LogP contribution >= 0.6 is 0 Å². The van der Waals surface area contributed by atoms with Crippen molar-refractivity contribution in [2.24, 2.45) is 4.99 Å². The molecule has 0 aliphatic carbocycles. The Morgan fingerprint density at radius 3 is 2.57 bits per heavy atom. The maximum atomic E-state index is 5.86. The summed E-state index contributed by atoms with van der Waals surface area (Å²) in [6, 6.07) is 8.95. The molecule has 0 amide bonds. The molecule has 2 N–H and O–H groups in total. The number of rotatable bonds is 11. The second kappa shape index (κ2) is 12.6. The second-order valence-corrected chi connectivity index (χ2v) is 7.25. The van der Waals surface area contributed by atoms with E-state index < -0.39 is 0 Å². The van der Waals surface area contributed by atoms with Crippen molar-refractivity contribution in [3.8, 4) is 5.75 Å². The Bertz CT molecular complexity index is 571. The summed E-state index contributed by atoms with van der Waals surface area (Å²) in [6.45, 7) is 14.5. The van der Waals surface area contributed by atoms with E-state index in [9.17, 15) is 0 Å². The number of guanidine groups is 1. The van der Waals surface area contributed by atoms with Gasteiger partial charge in [-0.15, -0.1) is 0 Å². The number of nitrogens with one attached hydrogen (secondary N) is 2. The molecule has 2 rings (SSSR count). The topological polar surface area (TPSA) is 52.1 Å². The Kier molecular flexibility index (Phi) is 10.1. The number of benzene rings is 1. The Labute approximate surface area is 171 Å². The molecule has 1 fully saturated rings. The van der Waals surface area contributed by atoms with Crippen LogP contribution in [-0.4, -0.2) is 74.7 Å². The molecule has 0 radical (unpaired) electrons. The van der Waals surface area contributed by atoms with Crippen LogP contribution in [0.4, 0.5) is 0 Å². The zero-order chi connectivity index (χ0) is 20.2. The number of hydrogen-bond donors (Lipinski definition) is 2. The minimum absolute atomic E-state index is 0.622. The molecule has 0 bridgehead atoms. The van der Waals surface area contributed by atoms with E-state index >= 15 is 0 Å². The third kappa shape index (κ3) is 7.32. The van der Waals surface area contributed by atoms with E-state index in [2.05, 4.69) is 58.3 Å². The fraction of sp³-hybridized carbons (Fsp3) is 0.682. The van der Waals surface area contributed by atoms with Crippen LogP contribution in [0.25, 0.3) is 0 Å². The summed E-state index contributed by atoms with van der Waals surface area (Å²) < 4.78 is 5.86. The molecular weight excluding hydrogens is 350 g/mol. The predicted molar refractivity (Wildman–Crippen MR) is 118 cm³/mol. The number of nitrogens with zero attached hydrogens (tertiary/aromatic N) is 3. The van der Waals surface area contributed by atoms with Gasteiger partial charge in [0.1, 0.15) is 12.4 Å². The van der Waals surface area contributed by atoms with Crippen molar-refractivity contribution >= 4 is 5.96 Å². The molecule has 1 aromatic rings. The molecular formula is C22H39N5O. The second-order valence-electron chi connectivity index (χ2n) is 7.25. The smallest absolute Gasteiger partial charge is 0.191 e. The van der Waals surface area contributed by atoms with E-state index in [0.29, 0.717) is 6.04 Å². The molecule has 1 saturated heterocycles. The van der Waals surface area contributed by atoms with Crippen LogP contribution in [0.2, 0.25) is 0 Å². The molecule has 6 nitrogen and oxygen atoms in total. The Morgan fingerprint density at radius 1 is 1.18 bits per heavy atom. The SMILES string of the molecule is CCN(CC)CCOc1ccc(CNC(=NC)NCC2CCCN2CC)cc1. The maximum Gasteiger partial charge on any atom is 0.191 e. The van der Waals surface area contributed by atoms with Crippen LogP contribution in [0.3, 0.4) is 0 Å². The van der Waals surface area contributed by atoms with Gasteiger partial charge in [0.25, 0.3) is 0 Å². The van der Waals surface area contributed by atoms with Crippen molar-refractivity contribution in [3.05, 3.63) is 29.8 Å². The predicted octanol–water partition coefficient (Wildman–Crippen LogP) is 2.56. The van der Waals surface area contributed by atoms with Gasteiger partial charge in [-0.3, -0.25) is 9.89 Å². The van der Waals surface area contributed by atoms with Crippen LogP contribution in [0, 0.1) is 0 Å². The lowest BCUT2D eigenvalue weighted by Crippen LogP contribution is -2.44. The molecule has 0 aromatic heterocycles. The van der Waals surface area contributed by atoms with Gasteiger partial charge in [-0.25, -0.2) is 0 Å². The molecule has 1 atom stereocenters. The molecule has 1 aromatic carbocycles. The molecule has 1 aliphatic heterocycles. The number of likely N-dealkylation sites (N-methyl/N-ethyl adjacent to an activating group) is 2. The molecule has 1 unspecified atom stereocenters. The third-order valence-electron chi connectivity index (χ3n) is 5.59. The van der Waals surface area contributed by atoms with Crippen LogP contribution in [0.5, 0.6) is 5.75 Å². The van der Waals surface area contributed by atoms with Gasteiger partial charge in [-0.2, -0.15) is 0 Å². The first-order chi connectivity index (χ1) is 13.7. The average Bonchev–Trinajstić information content (AvgIpc) is 3.20. The van der Waals surface area contributed by atoms with E-state index in [4.69, 9.17) is 4.74 Å². The largest absolute Gasteiger partial charge is 0.492 e. The van der Waals surface area contributed by atoms with Gasteiger partial charge in [-0.1, -0.05) is 32.9 Å². The standard InChI is InChI=1S/C22H39N5O/c1-5-26(6-2)15-16-28-21-12-10-19(11-13-21)17-24-22(23-4)25-18-20-9-8-14-27(20)7-3/h10-13,20H,5-9,14-18H2,1-4H3,(H2,23,24,25). The Morgan fingerprint density at radius 2 is 1.93 bits per heavy atom. The number of ether oxygens (including phenoxy) is 1. The van der Waals surface area contributed by atoms with E-state index in [1.165, 1.54) is 24.9 Å². The van der Waals surface area contributed by atoms with Gasteiger partial charge >= 0.3 is 0 Å². The third-order valence-corrected chi connectivity index (χ3v) is 5.59. The Hall–Kier alpha value is -1.79. The van der Waals surface area contributed by atoms with Crippen molar-refractivity contribution < 1.29 is 4.74 Å². The van der Waals surface area contributed by atoms with Crippen molar-refractivity contribution in [3.63, 3.8) is 0 Å². The minimum atomic E-state index is 0.622. The summed E-state index contributed by atoms with van der Waals surface area (Å²) in [6.07, 6.45) is 2.57. The quantitative estimate of drug-likeness (QED) is 0.450. The van der Waals surface area contributed by atoms with Gasteiger partial charge in [-0.05, 0) is 56.7 Å². The number of hydrogen-bond acceptors (Lipinski definition) is 4. The Balaban J connectivity index is 1.70. The van der Waals surface area contributed by atoms with Gasteiger partial charge in [0, 0.05) is 32.7 Å². The molecule has 1 aliphatic rings. The number of likely N-dealkylation sites (tertiary alicyclic amines) is 1. The monoisotopic (exact) mass is 389 g/mol. The molecule has 1 heterocycles. The van der Waals surface area contributed by atoms with Crippen molar-refractivity contribution in [1.82, 2.24) is 20.4 Å². The van der Waals surface area contributed by atoms with Crippen LogP contribution < -0.4 is 15.4 Å². The summed E-state index contributed by atoms with van der Waals surface area (Å²) in [5.74, 6) is 1.79. The minimum Gasteiger partial charge on any atom is -0.492 e. The molecule has 158 valence electrons. The first kappa shape index (κ1) is 22.5. The first-order valence-electron chi connectivity index (χ1n) is 10.8. The molecule has 0 spiro atoms. The summed E-state index contributed by atoms with van der Waals surface area (Å²) in [7, 11) is 1.83. The van der Waals surface area contributed by atoms with Crippen molar-refractivity contribution in [2.45, 2.75) is 46.2 Å². The van der Waals surface area contributed by atoms with Gasteiger partial charge in [0.05, 0.1) is 0 Å². The lowest BCUT2D eigenvalue weighted by molar-refractivity contribution is 0.223. The van der Waals surface area contributed by atoms with Gasteiger partial charge in [0.2, 0.25) is 0 Å². The van der Waals surface area contributed by atoms with Crippen molar-refractivity contribution in [1.29, 1.82) is 0 Å². The zero-order valence-electron chi connectivity index (χ0n) is 18.2. The fourth-order valence-corrected chi connectivity index (χ4v) is 3.70. The highest BCUT2D eigenvalue weighted by molar-refractivity contribution is 5.79. The van der Waals surface area contributed by atoms with E-state index in [0.717, 1.165) is 57.6 Å². The van der Waals surface area contributed by atoms with E-state index in [1.54, 1.807) is 0 Å². The maximum absolute atomic E-state index is 5.86. The zero-order valence-corrected chi connectivity index (χ0v) is 18.2. The molecule has 28 heavy (non-hydrogen) atoms. The highest BCUT2D eigenvalue weighted by Gasteiger charge is 2.22. The average molecular weight is 390 g/mol. The highest BCUT2D eigenvalue weighted by Crippen LogP contribution is 2.15. The van der Waals surface area contributed by atoms with E-state index in [-0.39, 0.29) is 0 Å². The lowest BCUT2D eigenvalue weighted by Gasteiger charge is -2.24. The highest BCUT2D eigenvalue weighted by atomic mass is 16.5. The van der Waals surface area contributed by atoms with Gasteiger partial charge < -0.3 is 20.3 Å². The molecule has 0 saturated carbocycles. The normalized spacial score (nSPS) is 17.9. The van der Waals surface area contributed by atoms with Crippen molar-refractivity contribution in [2.75, 3.05) is 52.9 Å². The summed E-state index contributed by atoms with van der Waals surface area (Å²) >= 11 is 0. The first-order valence-corrected chi connectivity index (χ1v) is 10.8. The summed E-state index contributed by atoms with van der Waals surface area (Å²) in [4.78, 5) is 9.26. The molecule has 6 heteroatoms. The summed E-state index contributed by atoms with van der Waals surface area (Å²) in [5, 5.41) is 6.88. The lowest BCUT2D eigenvalue weighted by atomic mass is 10.2. The van der Waals surface area contributed by atoms with E-state index in [1.807, 2.05) is 19.2 Å². The van der Waals surface area contributed by atoms with Crippen LogP contribution in [0.1, 0.15) is 39.2 Å². The van der Waals surface area contributed by atoms with Gasteiger partial charge in [0.15, 0.2) is 5.96 Å². The number of aliphatic imine (C=N–C) groups is 1. The van der Waals surface area contributed by atoms with Crippen LogP contribution in [-0.2, 0) is 6.54 Å². The fourth-order valence-electron chi connectivity index (χ4n) is 3.70. The summed E-state index contributed by atoms with van der Waals surface area (Å²) in [5.41, 5.74) is 1.22. The van der Waals surface area contributed by atoms with Crippen LogP contribution in [0.15, 0.2) is 29.3 Å².